The minimum Gasteiger partial charge on any atom is -0.478 e. The molecule has 0 spiro atoms. The molecule has 0 amide bonds. The van der Waals surface area contributed by atoms with Gasteiger partial charge in [0.25, 0.3) is 0 Å². The number of carboxylic acid groups (broad SMARTS) is 1. The minimum absolute atomic E-state index is 0.131. The summed E-state index contributed by atoms with van der Waals surface area (Å²) < 4.78 is 26.4. The molecule has 3 rings (SSSR count). The summed E-state index contributed by atoms with van der Waals surface area (Å²) in [5.41, 5.74) is 0.203. The molecule has 0 unspecified atom stereocenters. The molecule has 1 aliphatic rings. The first-order valence-corrected chi connectivity index (χ1v) is 8.90. The molecule has 2 N–H and O–H groups in total. The van der Waals surface area contributed by atoms with E-state index >= 15 is 0 Å². The van der Waals surface area contributed by atoms with Crippen LogP contribution in [0.1, 0.15) is 23.2 Å². The molecule has 7 nitrogen and oxygen atoms in total. The number of rotatable bonds is 4. The summed E-state index contributed by atoms with van der Waals surface area (Å²) in [5, 5.41) is 9.22. The summed E-state index contributed by atoms with van der Waals surface area (Å²) >= 11 is 0. The van der Waals surface area contributed by atoms with E-state index in [0.29, 0.717) is 24.2 Å². The van der Waals surface area contributed by atoms with E-state index in [1.165, 1.54) is 22.6 Å². The van der Waals surface area contributed by atoms with Gasteiger partial charge in [-0.05, 0) is 30.5 Å². The van der Waals surface area contributed by atoms with Crippen molar-refractivity contribution >= 4 is 16.0 Å². The second-order valence-corrected chi connectivity index (χ2v) is 7.50. The number of H-pyrrole nitrogens is 1. The number of hydrogen-bond donors (Lipinski definition) is 2. The highest BCUT2D eigenvalue weighted by molar-refractivity contribution is 7.89. The van der Waals surface area contributed by atoms with Crippen LogP contribution in [0.4, 0.5) is 0 Å². The lowest BCUT2D eigenvalue weighted by atomic mass is 10.0. The smallest absolute Gasteiger partial charge is 0.336 e. The molecule has 2 heterocycles. The predicted molar refractivity (Wildman–Crippen MR) is 87.5 cm³/mol. The summed E-state index contributed by atoms with van der Waals surface area (Å²) in [5.74, 6) is -1.22. The van der Waals surface area contributed by atoms with Gasteiger partial charge in [0.2, 0.25) is 15.6 Å². The van der Waals surface area contributed by atoms with Crippen molar-refractivity contribution in [1.82, 2.24) is 9.29 Å². The zero-order valence-electron chi connectivity index (χ0n) is 12.7. The van der Waals surface area contributed by atoms with Crippen LogP contribution in [0.5, 0.6) is 0 Å². The van der Waals surface area contributed by atoms with Gasteiger partial charge in [-0.3, -0.25) is 4.79 Å². The van der Waals surface area contributed by atoms with Gasteiger partial charge in [-0.15, -0.1) is 0 Å². The number of nitrogens with zero attached hydrogens (tertiary/aromatic N) is 1. The quantitative estimate of drug-likeness (QED) is 0.871. The zero-order chi connectivity index (χ0) is 17.3. The van der Waals surface area contributed by atoms with E-state index in [-0.39, 0.29) is 10.5 Å². The van der Waals surface area contributed by atoms with Gasteiger partial charge >= 0.3 is 5.97 Å². The summed E-state index contributed by atoms with van der Waals surface area (Å²) in [4.78, 5) is 25.2. The topological polar surface area (TPSA) is 108 Å². The second kappa shape index (κ2) is 6.21. The lowest BCUT2D eigenvalue weighted by molar-refractivity contribution is 0.0697. The Hall–Kier alpha value is -2.45. The molecule has 0 bridgehead atoms. The molecule has 0 saturated carbocycles. The van der Waals surface area contributed by atoms with Gasteiger partial charge in [0.05, 0.1) is 10.5 Å². The Labute approximate surface area is 138 Å². The van der Waals surface area contributed by atoms with Gasteiger partial charge in [-0.2, -0.15) is 4.31 Å². The first kappa shape index (κ1) is 16.4. The Kier molecular flexibility index (Phi) is 4.25. The molecular formula is C16H16N2O5S. The molecular weight excluding hydrogens is 332 g/mol. The van der Waals surface area contributed by atoms with E-state index in [1.807, 2.05) is 0 Å². The van der Waals surface area contributed by atoms with Crippen LogP contribution in [0.15, 0.2) is 46.2 Å². The number of aromatic carboxylic acids is 1. The summed E-state index contributed by atoms with van der Waals surface area (Å²) in [6.45, 7) is 1.04. The molecule has 0 atom stereocenters. The number of nitrogens with one attached hydrogen (secondary N) is 1. The van der Waals surface area contributed by atoms with Crippen LogP contribution in [0.2, 0.25) is 0 Å². The standard InChI is InChI=1S/C16H16N2O5S/c19-15-9-13(16(20)21)14(10-17-15)11-3-5-12(6-4-11)24(22,23)18-7-1-2-8-18/h3-6,9-10H,1-2,7-8H2,(H,17,19)(H,20,21). The Morgan fingerprint density at radius 3 is 2.33 bits per heavy atom. The fourth-order valence-corrected chi connectivity index (χ4v) is 4.29. The van der Waals surface area contributed by atoms with E-state index < -0.39 is 21.6 Å². The van der Waals surface area contributed by atoms with Gasteiger partial charge in [0.15, 0.2) is 0 Å². The molecule has 0 aliphatic carbocycles. The Bertz CT molecular complexity index is 926. The number of carbonyl (C=O) groups is 1. The van der Waals surface area contributed by atoms with Crippen LogP contribution in [0.25, 0.3) is 11.1 Å². The third kappa shape index (κ3) is 2.98. The predicted octanol–water partition coefficient (Wildman–Crippen LogP) is 1.52. The maximum absolute atomic E-state index is 12.5. The highest BCUT2D eigenvalue weighted by Gasteiger charge is 2.27. The van der Waals surface area contributed by atoms with Crippen molar-refractivity contribution < 1.29 is 18.3 Å². The Morgan fingerprint density at radius 1 is 1.12 bits per heavy atom. The van der Waals surface area contributed by atoms with Crippen LogP contribution in [0, 0.1) is 0 Å². The second-order valence-electron chi connectivity index (χ2n) is 5.57. The maximum atomic E-state index is 12.5. The van der Waals surface area contributed by atoms with E-state index in [2.05, 4.69) is 4.98 Å². The van der Waals surface area contributed by atoms with E-state index in [9.17, 15) is 23.1 Å². The summed E-state index contributed by atoms with van der Waals surface area (Å²) in [6, 6.07) is 7.01. The van der Waals surface area contributed by atoms with Crippen LogP contribution in [-0.2, 0) is 10.0 Å². The molecule has 1 aromatic carbocycles. The first-order chi connectivity index (χ1) is 11.4. The molecule has 24 heavy (non-hydrogen) atoms. The fraction of sp³-hybridized carbons (Fsp3) is 0.250. The third-order valence-electron chi connectivity index (χ3n) is 4.02. The average Bonchev–Trinajstić information content (AvgIpc) is 3.10. The van der Waals surface area contributed by atoms with Crippen molar-refractivity contribution in [2.75, 3.05) is 13.1 Å². The summed E-state index contributed by atoms with van der Waals surface area (Å²) in [7, 11) is -3.51. The van der Waals surface area contributed by atoms with Crippen LogP contribution in [0.3, 0.4) is 0 Å². The molecule has 1 aliphatic heterocycles. The number of sulfonamides is 1. The monoisotopic (exact) mass is 348 g/mol. The molecule has 1 aromatic heterocycles. The van der Waals surface area contributed by atoms with Gasteiger partial charge < -0.3 is 10.1 Å². The lowest BCUT2D eigenvalue weighted by Crippen LogP contribution is -2.27. The fourth-order valence-electron chi connectivity index (χ4n) is 2.77. The van der Waals surface area contributed by atoms with Crippen molar-refractivity contribution in [3.8, 4) is 11.1 Å². The largest absolute Gasteiger partial charge is 0.478 e. The van der Waals surface area contributed by atoms with Gasteiger partial charge in [-0.25, -0.2) is 13.2 Å². The van der Waals surface area contributed by atoms with Crippen LogP contribution >= 0.6 is 0 Å². The number of carboxylic acids is 1. The van der Waals surface area contributed by atoms with Crippen molar-refractivity contribution in [3.63, 3.8) is 0 Å². The molecule has 1 saturated heterocycles. The molecule has 1 fully saturated rings. The number of aromatic amines is 1. The highest BCUT2D eigenvalue weighted by Crippen LogP contribution is 2.26. The van der Waals surface area contributed by atoms with Gasteiger partial charge in [0, 0.05) is 30.9 Å². The Morgan fingerprint density at radius 2 is 1.75 bits per heavy atom. The van der Waals surface area contributed by atoms with E-state index in [0.717, 1.165) is 18.9 Å². The van der Waals surface area contributed by atoms with Crippen LogP contribution < -0.4 is 5.56 Å². The van der Waals surface area contributed by atoms with E-state index in [1.54, 1.807) is 12.1 Å². The molecule has 126 valence electrons. The minimum atomic E-state index is -3.51. The zero-order valence-corrected chi connectivity index (χ0v) is 13.5. The van der Waals surface area contributed by atoms with Crippen molar-refractivity contribution in [2.24, 2.45) is 0 Å². The van der Waals surface area contributed by atoms with Crippen molar-refractivity contribution in [2.45, 2.75) is 17.7 Å². The average molecular weight is 348 g/mol. The van der Waals surface area contributed by atoms with Gasteiger partial charge in [-0.1, -0.05) is 12.1 Å². The number of pyridine rings is 1. The normalized spacial score (nSPS) is 15.5. The maximum Gasteiger partial charge on any atom is 0.336 e. The molecule has 2 aromatic rings. The van der Waals surface area contributed by atoms with Gasteiger partial charge in [0.1, 0.15) is 0 Å². The molecule has 0 radical (unpaired) electrons. The van der Waals surface area contributed by atoms with E-state index in [4.69, 9.17) is 0 Å². The van der Waals surface area contributed by atoms with Crippen molar-refractivity contribution in [1.29, 1.82) is 0 Å². The first-order valence-electron chi connectivity index (χ1n) is 7.46. The number of hydrogen-bond acceptors (Lipinski definition) is 4. The Balaban J connectivity index is 1.99. The number of benzene rings is 1. The van der Waals surface area contributed by atoms with Crippen molar-refractivity contribution in [3.05, 3.63) is 52.4 Å². The third-order valence-corrected chi connectivity index (χ3v) is 5.94. The highest BCUT2D eigenvalue weighted by atomic mass is 32.2. The summed E-state index contributed by atoms with van der Waals surface area (Å²) in [6.07, 6.45) is 3.03. The van der Waals surface area contributed by atoms with Crippen LogP contribution in [-0.4, -0.2) is 41.9 Å². The SMILES string of the molecule is O=C(O)c1cc(=O)[nH]cc1-c1ccc(S(=O)(=O)N2CCCC2)cc1. The molecule has 8 heteroatoms. The number of aromatic nitrogens is 1. The lowest BCUT2D eigenvalue weighted by Gasteiger charge is -2.15.